The topological polar surface area (TPSA) is 84.5 Å². The number of anilines is 1. The second kappa shape index (κ2) is 10.1. The van der Waals surface area contributed by atoms with Crippen LogP contribution in [0.4, 0.5) is 5.69 Å². The lowest BCUT2D eigenvalue weighted by molar-refractivity contribution is -0.121. The zero-order valence-electron chi connectivity index (χ0n) is 17.4. The SMILES string of the molecule is COc1ccc(C(=O)CCCC(=O)NC(C)c2ccc(NC(=O)C3CC3)cc2)cc1. The van der Waals surface area contributed by atoms with Gasteiger partial charge in [-0.1, -0.05) is 12.1 Å². The van der Waals surface area contributed by atoms with Crippen molar-refractivity contribution in [3.05, 3.63) is 59.7 Å². The molecule has 1 saturated carbocycles. The monoisotopic (exact) mass is 408 g/mol. The minimum atomic E-state index is -0.150. The molecule has 1 aliphatic carbocycles. The van der Waals surface area contributed by atoms with Crippen LogP contribution < -0.4 is 15.4 Å². The first kappa shape index (κ1) is 21.6. The van der Waals surface area contributed by atoms with Crippen LogP contribution in [0.25, 0.3) is 0 Å². The average molecular weight is 408 g/mol. The Kier molecular flexibility index (Phi) is 7.22. The van der Waals surface area contributed by atoms with Crippen molar-refractivity contribution < 1.29 is 19.1 Å². The number of nitrogens with one attached hydrogen (secondary N) is 2. The maximum absolute atomic E-state index is 12.2. The summed E-state index contributed by atoms with van der Waals surface area (Å²) in [6.45, 7) is 1.91. The number of amides is 2. The molecule has 6 nitrogen and oxygen atoms in total. The number of hydrogen-bond acceptors (Lipinski definition) is 4. The van der Waals surface area contributed by atoms with E-state index in [2.05, 4.69) is 10.6 Å². The predicted octanol–water partition coefficient (Wildman–Crippen LogP) is 4.27. The molecule has 2 N–H and O–H groups in total. The van der Waals surface area contributed by atoms with Gasteiger partial charge in [0.05, 0.1) is 13.2 Å². The summed E-state index contributed by atoms with van der Waals surface area (Å²) >= 11 is 0. The Labute approximate surface area is 177 Å². The smallest absolute Gasteiger partial charge is 0.227 e. The largest absolute Gasteiger partial charge is 0.497 e. The molecular formula is C24H28N2O4. The molecule has 30 heavy (non-hydrogen) atoms. The van der Waals surface area contributed by atoms with Crippen LogP contribution >= 0.6 is 0 Å². The van der Waals surface area contributed by atoms with Crippen molar-refractivity contribution in [1.29, 1.82) is 0 Å². The zero-order valence-corrected chi connectivity index (χ0v) is 17.4. The van der Waals surface area contributed by atoms with Crippen molar-refractivity contribution >= 4 is 23.3 Å². The number of methoxy groups -OCH3 is 1. The molecule has 1 aliphatic rings. The van der Waals surface area contributed by atoms with Crippen LogP contribution in [-0.4, -0.2) is 24.7 Å². The Morgan fingerprint density at radius 2 is 1.67 bits per heavy atom. The Morgan fingerprint density at radius 3 is 2.27 bits per heavy atom. The van der Waals surface area contributed by atoms with Gasteiger partial charge in [-0.3, -0.25) is 14.4 Å². The first-order chi connectivity index (χ1) is 14.5. The summed E-state index contributed by atoms with van der Waals surface area (Å²) in [6.07, 6.45) is 3.05. The number of rotatable bonds is 10. The van der Waals surface area contributed by atoms with Crippen molar-refractivity contribution in [2.24, 2.45) is 5.92 Å². The summed E-state index contributed by atoms with van der Waals surface area (Å²) in [6, 6.07) is 14.3. The maximum Gasteiger partial charge on any atom is 0.227 e. The molecule has 0 saturated heterocycles. The number of ether oxygens (including phenoxy) is 1. The number of Topliss-reactive ketones (excluding diaryl/α,β-unsaturated/α-hetero) is 1. The molecule has 2 aromatic carbocycles. The van der Waals surface area contributed by atoms with Crippen molar-refractivity contribution in [2.75, 3.05) is 12.4 Å². The van der Waals surface area contributed by atoms with Gasteiger partial charge in [0.1, 0.15) is 5.75 Å². The van der Waals surface area contributed by atoms with Gasteiger partial charge in [-0.15, -0.1) is 0 Å². The third kappa shape index (κ3) is 6.17. The van der Waals surface area contributed by atoms with E-state index >= 15 is 0 Å². The highest BCUT2D eigenvalue weighted by molar-refractivity contribution is 5.96. The quantitative estimate of drug-likeness (QED) is 0.575. The molecule has 2 amide bonds. The van der Waals surface area contributed by atoms with E-state index in [9.17, 15) is 14.4 Å². The van der Waals surface area contributed by atoms with Crippen molar-refractivity contribution in [3.8, 4) is 5.75 Å². The number of carbonyl (C=O) groups excluding carboxylic acids is 3. The highest BCUT2D eigenvalue weighted by Crippen LogP contribution is 2.30. The third-order valence-electron chi connectivity index (χ3n) is 5.22. The van der Waals surface area contributed by atoms with Crippen LogP contribution in [0, 0.1) is 5.92 Å². The molecule has 2 aromatic rings. The normalized spacial score (nSPS) is 13.9. The minimum Gasteiger partial charge on any atom is -0.497 e. The summed E-state index contributed by atoms with van der Waals surface area (Å²) < 4.78 is 5.09. The van der Waals surface area contributed by atoms with Gasteiger partial charge in [-0.2, -0.15) is 0 Å². The summed E-state index contributed by atoms with van der Waals surface area (Å²) in [5, 5.41) is 5.86. The fourth-order valence-electron chi connectivity index (χ4n) is 3.17. The van der Waals surface area contributed by atoms with Gasteiger partial charge in [0.15, 0.2) is 5.78 Å². The summed E-state index contributed by atoms with van der Waals surface area (Å²) in [7, 11) is 1.58. The first-order valence-corrected chi connectivity index (χ1v) is 10.3. The lowest BCUT2D eigenvalue weighted by Crippen LogP contribution is -2.26. The molecule has 1 unspecified atom stereocenters. The molecule has 1 fully saturated rings. The molecule has 1 atom stereocenters. The van der Waals surface area contributed by atoms with Crippen LogP contribution in [0.2, 0.25) is 0 Å². The van der Waals surface area contributed by atoms with E-state index in [0.717, 1.165) is 24.1 Å². The Bertz CT molecular complexity index is 886. The van der Waals surface area contributed by atoms with E-state index in [1.54, 1.807) is 31.4 Å². The van der Waals surface area contributed by atoms with E-state index in [4.69, 9.17) is 4.74 Å². The van der Waals surface area contributed by atoms with Crippen molar-refractivity contribution in [3.63, 3.8) is 0 Å². The van der Waals surface area contributed by atoms with Gasteiger partial charge in [0.25, 0.3) is 0 Å². The molecule has 0 heterocycles. The number of carbonyl (C=O) groups is 3. The average Bonchev–Trinajstić information content (AvgIpc) is 3.59. The molecule has 0 radical (unpaired) electrons. The fourth-order valence-corrected chi connectivity index (χ4v) is 3.17. The molecule has 158 valence electrons. The predicted molar refractivity (Wildman–Crippen MR) is 116 cm³/mol. The second-order valence-electron chi connectivity index (χ2n) is 7.68. The Morgan fingerprint density at radius 1 is 1.00 bits per heavy atom. The van der Waals surface area contributed by atoms with Gasteiger partial charge in [0, 0.05) is 30.0 Å². The van der Waals surface area contributed by atoms with E-state index in [-0.39, 0.29) is 29.6 Å². The third-order valence-corrected chi connectivity index (χ3v) is 5.22. The summed E-state index contributed by atoms with van der Waals surface area (Å²) in [4.78, 5) is 36.3. The van der Waals surface area contributed by atoms with E-state index in [1.165, 1.54) is 0 Å². The van der Waals surface area contributed by atoms with E-state index < -0.39 is 0 Å². The number of benzene rings is 2. The Balaban J connectivity index is 1.40. The van der Waals surface area contributed by atoms with Gasteiger partial charge in [0.2, 0.25) is 11.8 Å². The van der Waals surface area contributed by atoms with E-state index in [0.29, 0.717) is 30.6 Å². The fraction of sp³-hybridized carbons (Fsp3) is 0.375. The maximum atomic E-state index is 12.2. The second-order valence-corrected chi connectivity index (χ2v) is 7.68. The first-order valence-electron chi connectivity index (χ1n) is 10.3. The van der Waals surface area contributed by atoms with E-state index in [1.807, 2.05) is 31.2 Å². The van der Waals surface area contributed by atoms with Crippen molar-refractivity contribution in [1.82, 2.24) is 5.32 Å². The van der Waals surface area contributed by atoms with Gasteiger partial charge >= 0.3 is 0 Å². The summed E-state index contributed by atoms with van der Waals surface area (Å²) in [5.41, 5.74) is 2.35. The van der Waals surface area contributed by atoms with Gasteiger partial charge in [-0.05, 0) is 68.1 Å². The zero-order chi connectivity index (χ0) is 21.5. The molecule has 6 heteroatoms. The Hall–Kier alpha value is -3.15. The van der Waals surface area contributed by atoms with Crippen LogP contribution in [0.5, 0.6) is 5.75 Å². The summed E-state index contributed by atoms with van der Waals surface area (Å²) in [5.74, 6) is 0.879. The highest BCUT2D eigenvalue weighted by atomic mass is 16.5. The number of hydrogen-bond donors (Lipinski definition) is 2. The molecular weight excluding hydrogens is 380 g/mol. The standard InChI is InChI=1S/C24H28N2O4/c1-16(17-8-12-20(13-9-17)26-24(29)19-6-7-19)25-23(28)5-3-4-22(27)18-10-14-21(30-2)15-11-18/h8-16,19H,3-7H2,1-2H3,(H,25,28)(H,26,29). The highest BCUT2D eigenvalue weighted by Gasteiger charge is 2.29. The molecule has 0 bridgehead atoms. The molecule has 0 aromatic heterocycles. The number of ketones is 1. The molecule has 0 aliphatic heterocycles. The van der Waals surface area contributed by atoms with Crippen LogP contribution in [0.3, 0.4) is 0 Å². The van der Waals surface area contributed by atoms with Crippen molar-refractivity contribution in [2.45, 2.75) is 45.1 Å². The molecule has 0 spiro atoms. The lowest BCUT2D eigenvalue weighted by Gasteiger charge is -2.15. The van der Waals surface area contributed by atoms with Gasteiger partial charge < -0.3 is 15.4 Å². The van der Waals surface area contributed by atoms with Gasteiger partial charge in [-0.25, -0.2) is 0 Å². The van der Waals surface area contributed by atoms with Crippen LogP contribution in [0.15, 0.2) is 48.5 Å². The van der Waals surface area contributed by atoms with Crippen LogP contribution in [-0.2, 0) is 9.59 Å². The lowest BCUT2D eigenvalue weighted by atomic mass is 10.0. The molecule has 3 rings (SSSR count). The minimum absolute atomic E-state index is 0.0161. The van der Waals surface area contributed by atoms with Crippen LogP contribution in [0.1, 0.15) is 61.0 Å².